The number of halogens is 2. The summed E-state index contributed by atoms with van der Waals surface area (Å²) < 4.78 is 0.768. The van der Waals surface area contributed by atoms with E-state index in [1.165, 1.54) is 0 Å². The number of para-hydroxylation sites is 1. The van der Waals surface area contributed by atoms with Crippen molar-refractivity contribution in [3.05, 3.63) is 57.5 Å². The molecular formula is C18H16BrClN2O2. The smallest absolute Gasteiger partial charge is 0.229 e. The largest absolute Gasteiger partial charge is 0.326 e. The molecular weight excluding hydrogens is 392 g/mol. The van der Waals surface area contributed by atoms with E-state index >= 15 is 0 Å². The zero-order valence-electron chi connectivity index (χ0n) is 13.1. The fourth-order valence-electron chi connectivity index (χ4n) is 2.80. The lowest BCUT2D eigenvalue weighted by molar-refractivity contribution is -0.122. The first-order valence-electron chi connectivity index (χ1n) is 7.57. The van der Waals surface area contributed by atoms with Gasteiger partial charge in [-0.05, 0) is 52.7 Å². The van der Waals surface area contributed by atoms with Gasteiger partial charge in [-0.3, -0.25) is 9.59 Å². The molecule has 124 valence electrons. The molecule has 4 nitrogen and oxygen atoms in total. The highest BCUT2D eigenvalue weighted by Crippen LogP contribution is 2.29. The van der Waals surface area contributed by atoms with Crippen molar-refractivity contribution in [2.45, 2.75) is 13.3 Å². The minimum Gasteiger partial charge on any atom is -0.326 e. The average molecular weight is 408 g/mol. The second-order valence-corrected chi connectivity index (χ2v) is 7.07. The van der Waals surface area contributed by atoms with Crippen LogP contribution in [0.25, 0.3) is 0 Å². The number of carbonyl (C=O) groups excluding carboxylic acids is 2. The number of nitrogens with one attached hydrogen (secondary N) is 1. The summed E-state index contributed by atoms with van der Waals surface area (Å²) in [6.45, 7) is 2.35. The van der Waals surface area contributed by atoms with Crippen LogP contribution in [0.3, 0.4) is 0 Å². The second-order valence-electron chi connectivity index (χ2n) is 5.81. The maximum absolute atomic E-state index is 12.5. The predicted octanol–water partition coefficient (Wildman–Crippen LogP) is 4.40. The molecule has 1 aliphatic heterocycles. The fourth-order valence-corrected chi connectivity index (χ4v) is 3.23. The topological polar surface area (TPSA) is 49.4 Å². The van der Waals surface area contributed by atoms with Crippen LogP contribution < -0.4 is 10.2 Å². The SMILES string of the molecule is Cc1ccccc1N1C[C@@H](C(=O)Nc2ccc(Br)c(Cl)c2)CC1=O. The van der Waals surface area contributed by atoms with Gasteiger partial charge in [0, 0.05) is 28.8 Å². The van der Waals surface area contributed by atoms with Gasteiger partial charge in [0.2, 0.25) is 11.8 Å². The normalized spacial score (nSPS) is 17.2. The van der Waals surface area contributed by atoms with E-state index in [1.807, 2.05) is 31.2 Å². The summed E-state index contributed by atoms with van der Waals surface area (Å²) in [4.78, 5) is 26.5. The minimum atomic E-state index is -0.375. The molecule has 6 heteroatoms. The molecule has 0 aromatic heterocycles. The Hall–Kier alpha value is -1.85. The average Bonchev–Trinajstić information content (AvgIpc) is 2.93. The Balaban J connectivity index is 1.72. The molecule has 1 aliphatic rings. The van der Waals surface area contributed by atoms with Gasteiger partial charge in [-0.1, -0.05) is 29.8 Å². The molecule has 1 heterocycles. The monoisotopic (exact) mass is 406 g/mol. The number of nitrogens with zero attached hydrogens (tertiary/aromatic N) is 1. The summed E-state index contributed by atoms with van der Waals surface area (Å²) in [5, 5.41) is 3.36. The van der Waals surface area contributed by atoms with Crippen LogP contribution >= 0.6 is 27.5 Å². The quantitative estimate of drug-likeness (QED) is 0.819. The summed E-state index contributed by atoms with van der Waals surface area (Å²) >= 11 is 9.35. The van der Waals surface area contributed by atoms with Crippen molar-refractivity contribution in [2.75, 3.05) is 16.8 Å². The maximum Gasteiger partial charge on any atom is 0.229 e. The zero-order chi connectivity index (χ0) is 17.3. The van der Waals surface area contributed by atoms with Gasteiger partial charge in [-0.25, -0.2) is 0 Å². The van der Waals surface area contributed by atoms with E-state index in [9.17, 15) is 9.59 Å². The van der Waals surface area contributed by atoms with E-state index in [4.69, 9.17) is 11.6 Å². The Morgan fingerprint density at radius 3 is 2.75 bits per heavy atom. The zero-order valence-corrected chi connectivity index (χ0v) is 15.4. The van der Waals surface area contributed by atoms with Crippen LogP contribution in [-0.2, 0) is 9.59 Å². The summed E-state index contributed by atoms with van der Waals surface area (Å²) in [6, 6.07) is 12.9. The van der Waals surface area contributed by atoms with E-state index in [1.54, 1.807) is 23.1 Å². The third-order valence-electron chi connectivity index (χ3n) is 4.09. The molecule has 24 heavy (non-hydrogen) atoms. The number of amides is 2. The lowest BCUT2D eigenvalue weighted by Crippen LogP contribution is -2.28. The van der Waals surface area contributed by atoms with Crippen molar-refractivity contribution >= 4 is 50.7 Å². The Bertz CT molecular complexity index is 809. The van der Waals surface area contributed by atoms with Crippen LogP contribution in [0.4, 0.5) is 11.4 Å². The number of hydrogen-bond acceptors (Lipinski definition) is 2. The van der Waals surface area contributed by atoms with Gasteiger partial charge in [0.05, 0.1) is 10.9 Å². The Morgan fingerprint density at radius 2 is 2.04 bits per heavy atom. The summed E-state index contributed by atoms with van der Waals surface area (Å²) in [5.74, 6) is -0.573. The van der Waals surface area contributed by atoms with E-state index in [0.717, 1.165) is 15.7 Å². The molecule has 2 aromatic rings. The molecule has 1 fully saturated rings. The molecule has 0 radical (unpaired) electrons. The van der Waals surface area contributed by atoms with Crippen molar-refractivity contribution in [1.82, 2.24) is 0 Å². The van der Waals surface area contributed by atoms with Crippen molar-refractivity contribution in [1.29, 1.82) is 0 Å². The lowest BCUT2D eigenvalue weighted by atomic mass is 10.1. The van der Waals surface area contributed by atoms with Crippen LogP contribution in [0.15, 0.2) is 46.9 Å². The van der Waals surface area contributed by atoms with Gasteiger partial charge < -0.3 is 10.2 Å². The van der Waals surface area contributed by atoms with Crippen LogP contribution in [0, 0.1) is 12.8 Å². The molecule has 2 amide bonds. The van der Waals surface area contributed by atoms with E-state index in [0.29, 0.717) is 17.3 Å². The third kappa shape index (κ3) is 3.47. The fraction of sp³-hybridized carbons (Fsp3) is 0.222. The number of hydrogen-bond donors (Lipinski definition) is 1. The number of rotatable bonds is 3. The van der Waals surface area contributed by atoms with Crippen molar-refractivity contribution < 1.29 is 9.59 Å². The first-order valence-corrected chi connectivity index (χ1v) is 8.74. The van der Waals surface area contributed by atoms with Crippen LogP contribution in [0.1, 0.15) is 12.0 Å². The first-order chi connectivity index (χ1) is 11.5. The third-order valence-corrected chi connectivity index (χ3v) is 5.32. The Kier molecular flexibility index (Phi) is 4.92. The van der Waals surface area contributed by atoms with E-state index < -0.39 is 0 Å². The second kappa shape index (κ2) is 6.95. The molecule has 0 spiro atoms. The van der Waals surface area contributed by atoms with E-state index in [-0.39, 0.29) is 24.2 Å². The first kappa shape index (κ1) is 17.0. The van der Waals surface area contributed by atoms with Gasteiger partial charge in [-0.15, -0.1) is 0 Å². The Morgan fingerprint density at radius 1 is 1.29 bits per heavy atom. The van der Waals surface area contributed by atoms with Crippen LogP contribution in [0.2, 0.25) is 5.02 Å². The highest BCUT2D eigenvalue weighted by atomic mass is 79.9. The minimum absolute atomic E-state index is 0.0294. The Labute approximate surface area is 153 Å². The van der Waals surface area contributed by atoms with Crippen molar-refractivity contribution in [3.8, 4) is 0 Å². The van der Waals surface area contributed by atoms with Gasteiger partial charge in [0.1, 0.15) is 0 Å². The van der Waals surface area contributed by atoms with Gasteiger partial charge in [0.15, 0.2) is 0 Å². The summed E-state index contributed by atoms with van der Waals surface area (Å²) in [7, 11) is 0. The lowest BCUT2D eigenvalue weighted by Gasteiger charge is -2.19. The molecule has 0 unspecified atom stereocenters. The molecule has 1 N–H and O–H groups in total. The van der Waals surface area contributed by atoms with E-state index in [2.05, 4.69) is 21.2 Å². The molecule has 1 saturated heterocycles. The maximum atomic E-state index is 12.5. The molecule has 2 aromatic carbocycles. The van der Waals surface area contributed by atoms with Crippen LogP contribution in [-0.4, -0.2) is 18.4 Å². The van der Waals surface area contributed by atoms with Crippen molar-refractivity contribution in [3.63, 3.8) is 0 Å². The van der Waals surface area contributed by atoms with Crippen LogP contribution in [0.5, 0.6) is 0 Å². The molecule has 3 rings (SSSR count). The number of aryl methyl sites for hydroxylation is 1. The van der Waals surface area contributed by atoms with Gasteiger partial charge in [0.25, 0.3) is 0 Å². The molecule has 0 aliphatic carbocycles. The van der Waals surface area contributed by atoms with Gasteiger partial charge >= 0.3 is 0 Å². The molecule has 1 atom stereocenters. The summed E-state index contributed by atoms with van der Waals surface area (Å²) in [5.41, 5.74) is 2.51. The summed E-state index contributed by atoms with van der Waals surface area (Å²) in [6.07, 6.45) is 0.213. The highest BCUT2D eigenvalue weighted by molar-refractivity contribution is 9.10. The van der Waals surface area contributed by atoms with Gasteiger partial charge in [-0.2, -0.15) is 0 Å². The number of anilines is 2. The molecule has 0 saturated carbocycles. The van der Waals surface area contributed by atoms with Crippen molar-refractivity contribution in [2.24, 2.45) is 5.92 Å². The number of carbonyl (C=O) groups is 2. The predicted molar refractivity (Wildman–Crippen MR) is 99.4 cm³/mol. The highest BCUT2D eigenvalue weighted by Gasteiger charge is 2.35. The number of benzene rings is 2. The standard InChI is InChI=1S/C18H16BrClN2O2/c1-11-4-2-3-5-16(11)22-10-12(8-17(22)23)18(24)21-13-6-7-14(19)15(20)9-13/h2-7,9,12H,8,10H2,1H3,(H,21,24)/t12-/m0/s1. The molecule has 0 bridgehead atoms.